The van der Waals surface area contributed by atoms with Gasteiger partial charge >= 0.3 is 0 Å². The maximum Gasteiger partial charge on any atom is 0.247 e. The van der Waals surface area contributed by atoms with Crippen molar-refractivity contribution < 1.29 is 13.9 Å². The molecule has 0 aliphatic carbocycles. The van der Waals surface area contributed by atoms with E-state index in [1.165, 1.54) is 0 Å². The maximum absolute atomic E-state index is 12.7. The molecule has 0 saturated carbocycles. The SMILES string of the molecule is COc1ccc(CCC(=O)N2CCCN(Cc3nnc(-c4ccc(Br)cc4)o3)CC2)cc1. The number of carbonyl (C=O) groups is 1. The van der Waals surface area contributed by atoms with E-state index in [-0.39, 0.29) is 5.91 Å². The van der Waals surface area contributed by atoms with Crippen molar-refractivity contribution in [2.45, 2.75) is 25.8 Å². The van der Waals surface area contributed by atoms with Crippen LogP contribution >= 0.6 is 15.9 Å². The summed E-state index contributed by atoms with van der Waals surface area (Å²) < 4.78 is 12.1. The number of halogens is 1. The topological polar surface area (TPSA) is 71.7 Å². The summed E-state index contributed by atoms with van der Waals surface area (Å²) in [5.74, 6) is 2.16. The minimum atomic E-state index is 0.206. The van der Waals surface area contributed by atoms with Crippen molar-refractivity contribution in [3.8, 4) is 17.2 Å². The van der Waals surface area contributed by atoms with E-state index >= 15 is 0 Å². The maximum atomic E-state index is 12.7. The van der Waals surface area contributed by atoms with Crippen LogP contribution in [0, 0.1) is 0 Å². The van der Waals surface area contributed by atoms with Crippen LogP contribution in [0.3, 0.4) is 0 Å². The zero-order chi connectivity index (χ0) is 22.3. The number of methoxy groups -OCH3 is 1. The summed E-state index contributed by atoms with van der Waals surface area (Å²) in [7, 11) is 1.65. The molecule has 0 spiro atoms. The highest BCUT2D eigenvalue weighted by atomic mass is 79.9. The van der Waals surface area contributed by atoms with Gasteiger partial charge in [0.25, 0.3) is 0 Å². The quantitative estimate of drug-likeness (QED) is 0.486. The number of benzene rings is 2. The number of nitrogens with zero attached hydrogens (tertiary/aromatic N) is 4. The number of hydrogen-bond donors (Lipinski definition) is 0. The fourth-order valence-corrected chi connectivity index (χ4v) is 4.06. The van der Waals surface area contributed by atoms with E-state index < -0.39 is 0 Å². The van der Waals surface area contributed by atoms with Gasteiger partial charge in [0, 0.05) is 42.6 Å². The molecular weight excluding hydrogens is 472 g/mol. The number of amides is 1. The lowest BCUT2D eigenvalue weighted by atomic mass is 10.1. The highest BCUT2D eigenvalue weighted by molar-refractivity contribution is 9.10. The highest BCUT2D eigenvalue weighted by Gasteiger charge is 2.20. The third-order valence-corrected chi connectivity index (χ3v) is 6.17. The summed E-state index contributed by atoms with van der Waals surface area (Å²) in [4.78, 5) is 17.0. The minimum absolute atomic E-state index is 0.206. The molecule has 8 heteroatoms. The Bertz CT molecular complexity index is 1020. The molecule has 2 heterocycles. The van der Waals surface area contributed by atoms with Crippen molar-refractivity contribution in [3.05, 3.63) is 64.5 Å². The number of carbonyl (C=O) groups excluding carboxylic acids is 1. The van der Waals surface area contributed by atoms with Crippen LogP contribution in [0.5, 0.6) is 5.75 Å². The Morgan fingerprint density at radius 1 is 1.03 bits per heavy atom. The minimum Gasteiger partial charge on any atom is -0.497 e. The Morgan fingerprint density at radius 2 is 1.81 bits per heavy atom. The first-order chi connectivity index (χ1) is 15.6. The van der Waals surface area contributed by atoms with E-state index in [0.717, 1.165) is 60.4 Å². The van der Waals surface area contributed by atoms with Gasteiger partial charge in [-0.15, -0.1) is 10.2 Å². The van der Waals surface area contributed by atoms with Crippen LogP contribution in [-0.2, 0) is 17.8 Å². The van der Waals surface area contributed by atoms with Crippen molar-refractivity contribution in [1.29, 1.82) is 0 Å². The summed E-state index contributed by atoms with van der Waals surface area (Å²) in [5.41, 5.74) is 2.05. The first-order valence-corrected chi connectivity index (χ1v) is 11.6. The molecule has 0 N–H and O–H groups in total. The molecule has 0 bridgehead atoms. The van der Waals surface area contributed by atoms with Gasteiger partial charge in [-0.1, -0.05) is 28.1 Å². The monoisotopic (exact) mass is 498 g/mol. The summed E-state index contributed by atoms with van der Waals surface area (Å²) in [6.45, 7) is 3.79. The molecule has 0 unspecified atom stereocenters. The summed E-state index contributed by atoms with van der Waals surface area (Å²) in [5, 5.41) is 8.39. The number of hydrogen-bond acceptors (Lipinski definition) is 6. The van der Waals surface area contributed by atoms with Gasteiger partial charge in [-0.25, -0.2) is 0 Å². The number of ether oxygens (including phenoxy) is 1. The second-order valence-electron chi connectivity index (χ2n) is 7.87. The van der Waals surface area contributed by atoms with E-state index in [1.807, 2.05) is 53.4 Å². The molecule has 1 aliphatic rings. The van der Waals surface area contributed by atoms with Gasteiger partial charge in [0.1, 0.15) is 5.75 Å². The Balaban J connectivity index is 1.26. The van der Waals surface area contributed by atoms with Gasteiger partial charge in [0.15, 0.2) is 0 Å². The van der Waals surface area contributed by atoms with Crippen LogP contribution < -0.4 is 4.74 Å². The van der Waals surface area contributed by atoms with Crippen molar-refractivity contribution in [2.24, 2.45) is 0 Å². The molecule has 168 valence electrons. The third kappa shape index (κ3) is 5.95. The molecule has 1 amide bonds. The molecular formula is C24H27BrN4O3. The average molecular weight is 499 g/mol. The van der Waals surface area contributed by atoms with Crippen LogP contribution in [0.2, 0.25) is 0 Å². The lowest BCUT2D eigenvalue weighted by Crippen LogP contribution is -2.35. The molecule has 4 rings (SSSR count). The Hall–Kier alpha value is -2.71. The van der Waals surface area contributed by atoms with Crippen molar-refractivity contribution in [2.75, 3.05) is 33.3 Å². The Kier molecular flexibility index (Phi) is 7.55. The standard InChI is InChI=1S/C24H27BrN4O3/c1-31-21-10-3-18(4-11-21)5-12-23(30)29-14-2-13-28(15-16-29)17-22-26-27-24(32-22)19-6-8-20(25)9-7-19/h3-4,6-11H,2,5,12-17H2,1H3. The van der Waals surface area contributed by atoms with Crippen LogP contribution in [0.4, 0.5) is 0 Å². The van der Waals surface area contributed by atoms with Crippen LogP contribution in [0.1, 0.15) is 24.3 Å². The van der Waals surface area contributed by atoms with Crippen LogP contribution in [-0.4, -0.2) is 59.2 Å². The van der Waals surface area contributed by atoms with Gasteiger partial charge < -0.3 is 14.1 Å². The average Bonchev–Trinajstić information content (AvgIpc) is 3.15. The number of aryl methyl sites for hydroxylation is 1. The molecule has 1 fully saturated rings. The summed E-state index contributed by atoms with van der Waals surface area (Å²) in [6.07, 6.45) is 2.19. The zero-order valence-electron chi connectivity index (χ0n) is 18.2. The van der Waals surface area contributed by atoms with E-state index in [9.17, 15) is 4.79 Å². The fraction of sp³-hybridized carbons (Fsp3) is 0.375. The Labute approximate surface area is 196 Å². The van der Waals surface area contributed by atoms with Crippen molar-refractivity contribution in [3.63, 3.8) is 0 Å². The molecule has 1 aromatic heterocycles. The second kappa shape index (κ2) is 10.7. The lowest BCUT2D eigenvalue weighted by molar-refractivity contribution is -0.131. The first-order valence-electron chi connectivity index (χ1n) is 10.8. The Morgan fingerprint density at radius 3 is 2.56 bits per heavy atom. The second-order valence-corrected chi connectivity index (χ2v) is 8.78. The molecule has 2 aromatic carbocycles. The summed E-state index contributed by atoms with van der Waals surface area (Å²) >= 11 is 3.43. The number of rotatable bonds is 7. The number of aromatic nitrogens is 2. The first kappa shape index (κ1) is 22.5. The molecule has 3 aromatic rings. The van der Waals surface area contributed by atoms with E-state index in [1.54, 1.807) is 7.11 Å². The van der Waals surface area contributed by atoms with Gasteiger partial charge in [-0.3, -0.25) is 9.69 Å². The predicted octanol–water partition coefficient (Wildman–Crippen LogP) is 4.17. The molecule has 0 radical (unpaired) electrons. The van der Waals surface area contributed by atoms with Crippen molar-refractivity contribution in [1.82, 2.24) is 20.0 Å². The van der Waals surface area contributed by atoms with Gasteiger partial charge in [0.05, 0.1) is 13.7 Å². The molecule has 1 aliphatic heterocycles. The van der Waals surface area contributed by atoms with Crippen LogP contribution in [0.25, 0.3) is 11.5 Å². The van der Waals surface area contributed by atoms with Gasteiger partial charge in [0.2, 0.25) is 17.7 Å². The van der Waals surface area contributed by atoms with E-state index in [0.29, 0.717) is 24.7 Å². The highest BCUT2D eigenvalue weighted by Crippen LogP contribution is 2.21. The predicted molar refractivity (Wildman–Crippen MR) is 125 cm³/mol. The molecule has 7 nitrogen and oxygen atoms in total. The molecule has 1 saturated heterocycles. The fourth-order valence-electron chi connectivity index (χ4n) is 3.80. The largest absolute Gasteiger partial charge is 0.497 e. The van der Waals surface area contributed by atoms with Gasteiger partial charge in [-0.2, -0.15) is 0 Å². The normalized spacial score (nSPS) is 14.9. The third-order valence-electron chi connectivity index (χ3n) is 5.64. The van der Waals surface area contributed by atoms with E-state index in [4.69, 9.17) is 9.15 Å². The summed E-state index contributed by atoms with van der Waals surface area (Å²) in [6, 6.07) is 15.7. The van der Waals surface area contributed by atoms with Crippen LogP contribution in [0.15, 0.2) is 57.4 Å². The van der Waals surface area contributed by atoms with E-state index in [2.05, 4.69) is 31.0 Å². The van der Waals surface area contributed by atoms with Crippen molar-refractivity contribution >= 4 is 21.8 Å². The molecule has 32 heavy (non-hydrogen) atoms. The zero-order valence-corrected chi connectivity index (χ0v) is 19.8. The van der Waals surface area contributed by atoms with Gasteiger partial charge in [-0.05, 0) is 54.8 Å². The molecule has 0 atom stereocenters. The smallest absolute Gasteiger partial charge is 0.247 e. The lowest BCUT2D eigenvalue weighted by Gasteiger charge is -2.21.